The van der Waals surface area contributed by atoms with E-state index in [2.05, 4.69) is 36.7 Å². The van der Waals surface area contributed by atoms with Crippen molar-refractivity contribution in [1.82, 2.24) is 24.6 Å². The minimum Gasteiger partial charge on any atom is -0.370 e. The van der Waals surface area contributed by atoms with Crippen LogP contribution in [-0.2, 0) is 4.79 Å². The summed E-state index contributed by atoms with van der Waals surface area (Å²) in [5.41, 5.74) is 1.68. The normalized spacial score (nSPS) is 17.6. The number of alkyl halides is 1. The molecule has 2 atom stereocenters. The number of hydrogen-bond donors (Lipinski definition) is 3. The molecule has 1 fully saturated rings. The molecule has 0 radical (unpaired) electrons. The van der Waals surface area contributed by atoms with Gasteiger partial charge in [0.25, 0.3) is 0 Å². The number of H-pyrrole nitrogens is 1. The van der Waals surface area contributed by atoms with E-state index in [1.165, 1.54) is 12.4 Å². The van der Waals surface area contributed by atoms with Crippen molar-refractivity contribution in [2.24, 2.45) is 5.92 Å². The number of anilines is 2. The average Bonchev–Trinajstić information content (AvgIpc) is 3.12. The van der Waals surface area contributed by atoms with Gasteiger partial charge in [0.05, 0.1) is 53.0 Å². The van der Waals surface area contributed by atoms with Gasteiger partial charge in [-0.25, -0.2) is 13.8 Å². The van der Waals surface area contributed by atoms with Crippen LogP contribution in [0.5, 0.6) is 0 Å². The molecule has 5 rings (SSSR count). The van der Waals surface area contributed by atoms with Crippen LogP contribution in [0, 0.1) is 24.1 Å². The molecule has 3 aromatic heterocycles. The Kier molecular flexibility index (Phi) is 4.48. The van der Waals surface area contributed by atoms with Crippen LogP contribution >= 0.6 is 11.6 Å². The summed E-state index contributed by atoms with van der Waals surface area (Å²) in [4.78, 5) is 20.6. The fourth-order valence-electron chi connectivity index (χ4n) is 3.41. The monoisotopic (exact) mass is 441 g/mol. The first-order chi connectivity index (χ1) is 15.0. The van der Waals surface area contributed by atoms with Crippen LogP contribution in [0.3, 0.4) is 0 Å². The van der Waals surface area contributed by atoms with Crippen molar-refractivity contribution >= 4 is 45.6 Å². The third kappa shape index (κ3) is 3.23. The van der Waals surface area contributed by atoms with E-state index in [4.69, 9.17) is 18.0 Å². The molecular weight excluding hydrogens is 428 g/mol. The summed E-state index contributed by atoms with van der Waals surface area (Å²) in [7, 11) is 0. The third-order valence-corrected chi connectivity index (χ3v) is 5.41. The maximum atomic E-state index is 15.0. The van der Waals surface area contributed by atoms with Gasteiger partial charge in [-0.3, -0.25) is 14.9 Å². The van der Waals surface area contributed by atoms with Gasteiger partial charge in [-0.15, -0.1) is 6.42 Å². The highest BCUT2D eigenvalue weighted by atomic mass is 35.5. The molecule has 1 aromatic carbocycles. The van der Waals surface area contributed by atoms with Crippen molar-refractivity contribution in [2.75, 3.05) is 17.2 Å². The van der Waals surface area contributed by atoms with E-state index in [-0.39, 0.29) is 29.5 Å². The molecule has 1 aliphatic carbocycles. The second-order valence-corrected chi connectivity index (χ2v) is 7.48. The van der Waals surface area contributed by atoms with Crippen molar-refractivity contribution in [3.8, 4) is 23.6 Å². The van der Waals surface area contributed by atoms with Crippen molar-refractivity contribution < 1.29 is 13.6 Å². The Morgan fingerprint density at radius 1 is 1.42 bits per heavy atom. The Balaban J connectivity index is 1.56. The van der Waals surface area contributed by atoms with Gasteiger partial charge in [-0.2, -0.15) is 5.10 Å². The highest BCUT2D eigenvalue weighted by Crippen LogP contribution is 2.40. The predicted octanol–water partition coefficient (Wildman–Crippen LogP) is 3.41. The van der Waals surface area contributed by atoms with E-state index < -0.39 is 23.8 Å². The fourth-order valence-corrected chi connectivity index (χ4v) is 3.71. The first-order valence-electron chi connectivity index (χ1n) is 9.29. The number of halogens is 3. The Labute approximate surface area is 179 Å². The lowest BCUT2D eigenvalue weighted by Crippen LogP contribution is -2.15. The molecule has 3 heterocycles. The summed E-state index contributed by atoms with van der Waals surface area (Å²) in [6, 6.07) is 0. The maximum Gasteiger partial charge on any atom is 0.231 e. The Morgan fingerprint density at radius 2 is 2.23 bits per heavy atom. The number of fused-ring (bicyclic) bond motifs is 2. The molecule has 156 valence electrons. The molecule has 11 heteroatoms. The van der Waals surface area contributed by atoms with Crippen LogP contribution in [0.2, 0.25) is 5.02 Å². The number of terminal acetylenes is 1. The van der Waals surface area contributed by atoms with Gasteiger partial charge in [0.2, 0.25) is 5.91 Å². The quantitative estimate of drug-likeness (QED) is 0.412. The highest BCUT2D eigenvalue weighted by molar-refractivity contribution is 6.35. The van der Waals surface area contributed by atoms with E-state index >= 15 is 4.39 Å². The minimum absolute atomic E-state index is 0.110. The summed E-state index contributed by atoms with van der Waals surface area (Å²) < 4.78 is 29.7. The third-order valence-electron chi connectivity index (χ3n) is 5.06. The highest BCUT2D eigenvalue weighted by Gasteiger charge is 2.43. The number of rotatable bonds is 5. The number of carbonyl (C=O) groups is 1. The Hall–Kier alpha value is -3.71. The van der Waals surface area contributed by atoms with Crippen LogP contribution in [0.25, 0.3) is 27.8 Å². The van der Waals surface area contributed by atoms with Gasteiger partial charge in [0.15, 0.2) is 17.3 Å². The number of nitrogens with zero attached hydrogens (tertiary/aromatic N) is 4. The molecule has 0 spiro atoms. The Bertz CT molecular complexity index is 1390. The van der Waals surface area contributed by atoms with E-state index in [1.807, 2.05) is 0 Å². The van der Waals surface area contributed by atoms with Crippen molar-refractivity contribution in [1.29, 1.82) is 0 Å². The lowest BCUT2D eigenvalue weighted by atomic mass is 10.1. The van der Waals surface area contributed by atoms with Gasteiger partial charge in [-0.1, -0.05) is 17.5 Å². The molecule has 0 unspecified atom stereocenters. The smallest absolute Gasteiger partial charge is 0.231 e. The van der Waals surface area contributed by atoms with Crippen LogP contribution < -0.4 is 10.6 Å². The summed E-state index contributed by atoms with van der Waals surface area (Å²) in [5, 5.41) is 12.6. The summed E-state index contributed by atoms with van der Waals surface area (Å²) in [5.74, 6) is 0.926. The number of imidazole rings is 1. The lowest BCUT2D eigenvalue weighted by molar-refractivity contribution is -0.117. The molecule has 0 aliphatic heterocycles. The second kappa shape index (κ2) is 7.21. The fraction of sp³-hybridized carbons (Fsp3) is 0.200. The van der Waals surface area contributed by atoms with Crippen molar-refractivity contribution in [2.45, 2.75) is 12.6 Å². The number of carbonyl (C=O) groups excluding carboxylic acids is 1. The van der Waals surface area contributed by atoms with Crippen LogP contribution in [0.15, 0.2) is 24.8 Å². The number of hydrogen-bond acceptors (Lipinski definition) is 5. The largest absolute Gasteiger partial charge is 0.370 e. The van der Waals surface area contributed by atoms with Crippen molar-refractivity contribution in [3.05, 3.63) is 35.6 Å². The summed E-state index contributed by atoms with van der Waals surface area (Å²) in [6.07, 6.45) is 10.5. The van der Waals surface area contributed by atoms with Gasteiger partial charge < -0.3 is 15.0 Å². The predicted molar refractivity (Wildman–Crippen MR) is 112 cm³/mol. The SMILES string of the molecule is C#CCNc1c(F)c(Cl)c(-c2cn3cc(NC(=O)[C@@H]4C[C@@H]4F)nc3cn2)c2cn[nH]c12. The van der Waals surface area contributed by atoms with Gasteiger partial charge in [0.1, 0.15) is 6.17 Å². The maximum absolute atomic E-state index is 15.0. The van der Waals surface area contributed by atoms with Crippen molar-refractivity contribution in [3.63, 3.8) is 0 Å². The first kappa shape index (κ1) is 19.3. The number of aromatic nitrogens is 5. The zero-order valence-corrected chi connectivity index (χ0v) is 16.5. The molecule has 1 amide bonds. The zero-order valence-electron chi connectivity index (χ0n) is 15.8. The van der Waals surface area contributed by atoms with E-state index in [0.717, 1.165) is 0 Å². The van der Waals surface area contributed by atoms with E-state index in [0.29, 0.717) is 27.8 Å². The molecule has 0 bridgehead atoms. The molecule has 1 aliphatic rings. The molecule has 4 aromatic rings. The van der Waals surface area contributed by atoms with E-state index in [1.54, 1.807) is 16.8 Å². The number of aromatic amines is 1. The summed E-state index contributed by atoms with van der Waals surface area (Å²) in [6.45, 7) is 0.110. The number of nitrogens with one attached hydrogen (secondary N) is 3. The van der Waals surface area contributed by atoms with E-state index in [9.17, 15) is 9.18 Å². The zero-order chi connectivity index (χ0) is 21.7. The topological polar surface area (TPSA) is 100 Å². The van der Waals surface area contributed by atoms with Gasteiger partial charge in [-0.05, 0) is 6.42 Å². The Morgan fingerprint density at radius 3 is 2.97 bits per heavy atom. The van der Waals surface area contributed by atoms with Crippen LogP contribution in [0.1, 0.15) is 6.42 Å². The molecule has 31 heavy (non-hydrogen) atoms. The molecule has 0 saturated heterocycles. The van der Waals surface area contributed by atoms with Crippen LogP contribution in [0.4, 0.5) is 20.3 Å². The lowest BCUT2D eigenvalue weighted by Gasteiger charge is -2.12. The molecule has 8 nitrogen and oxygen atoms in total. The van der Waals surface area contributed by atoms with Gasteiger partial charge in [0, 0.05) is 17.1 Å². The minimum atomic E-state index is -1.10. The molecule has 1 saturated carbocycles. The standard InChI is InChI=1S/C20H14ClF2N7O/c1-2-3-24-19-17(23)16(21)15(10-5-26-29-18(10)19)12-7-30-8-13(27-14(30)6-25-12)28-20(31)9-4-11(9)22/h1,5-9,11,24H,3-4H2,(H,26,29)(H,28,31)/t9-,11+/m1/s1. The second-order valence-electron chi connectivity index (χ2n) is 7.11. The molecule has 3 N–H and O–H groups in total. The summed E-state index contributed by atoms with van der Waals surface area (Å²) >= 11 is 6.36. The first-order valence-corrected chi connectivity index (χ1v) is 9.67. The number of amides is 1. The molecular formula is C20H14ClF2N7O. The van der Waals surface area contributed by atoms with Crippen LogP contribution in [-0.4, -0.2) is 43.2 Å². The average molecular weight is 442 g/mol. The number of benzene rings is 1. The van der Waals surface area contributed by atoms with Gasteiger partial charge >= 0.3 is 0 Å².